The van der Waals surface area contributed by atoms with Gasteiger partial charge in [-0.3, -0.25) is 4.98 Å². The first-order chi connectivity index (χ1) is 7.16. The van der Waals surface area contributed by atoms with Crippen molar-refractivity contribution in [2.24, 2.45) is 5.73 Å². The highest BCUT2D eigenvalue weighted by molar-refractivity contribution is 5.28. The molecule has 0 bridgehead atoms. The van der Waals surface area contributed by atoms with Gasteiger partial charge in [-0.2, -0.15) is 0 Å². The van der Waals surface area contributed by atoms with E-state index < -0.39 is 5.60 Å². The highest BCUT2D eigenvalue weighted by Crippen LogP contribution is 2.25. The first-order valence-electron chi connectivity index (χ1n) is 5.17. The van der Waals surface area contributed by atoms with Crippen molar-refractivity contribution in [2.45, 2.75) is 25.9 Å². The van der Waals surface area contributed by atoms with Crippen LogP contribution in [0.2, 0.25) is 0 Å². The Hall–Kier alpha value is -1.13. The minimum absolute atomic E-state index is 0.181. The van der Waals surface area contributed by atoms with Crippen LogP contribution in [-0.2, 0) is 5.60 Å². The Morgan fingerprint density at radius 3 is 2.73 bits per heavy atom. The van der Waals surface area contributed by atoms with Crippen LogP contribution in [0.15, 0.2) is 18.5 Å². The number of ether oxygens (including phenoxy) is 1. The summed E-state index contributed by atoms with van der Waals surface area (Å²) in [6.45, 7) is 4.56. The average Bonchev–Trinajstić information content (AvgIpc) is 2.29. The Morgan fingerprint density at radius 2 is 2.20 bits per heavy atom. The quantitative estimate of drug-likeness (QED) is 0.761. The van der Waals surface area contributed by atoms with E-state index in [0.29, 0.717) is 24.3 Å². The van der Waals surface area contributed by atoms with Crippen LogP contribution in [0.1, 0.15) is 25.8 Å². The molecule has 1 unspecified atom stereocenters. The van der Waals surface area contributed by atoms with Gasteiger partial charge in [-0.05, 0) is 19.4 Å². The van der Waals surface area contributed by atoms with Crippen LogP contribution in [-0.4, -0.2) is 23.2 Å². The van der Waals surface area contributed by atoms with E-state index in [1.807, 2.05) is 13.8 Å². The molecule has 1 heterocycles. The van der Waals surface area contributed by atoms with E-state index in [2.05, 4.69) is 4.98 Å². The molecule has 0 radical (unpaired) electrons. The van der Waals surface area contributed by atoms with Crippen molar-refractivity contribution in [1.82, 2.24) is 4.98 Å². The lowest BCUT2D eigenvalue weighted by Gasteiger charge is -2.25. The molecule has 4 nitrogen and oxygen atoms in total. The molecule has 15 heavy (non-hydrogen) atoms. The number of aliphatic hydroxyl groups is 1. The molecule has 0 saturated carbocycles. The van der Waals surface area contributed by atoms with Gasteiger partial charge in [-0.25, -0.2) is 0 Å². The second-order valence-corrected chi connectivity index (χ2v) is 3.43. The maximum Gasteiger partial charge on any atom is 0.137 e. The predicted molar refractivity (Wildman–Crippen MR) is 58.6 cm³/mol. The van der Waals surface area contributed by atoms with Crippen LogP contribution in [0.25, 0.3) is 0 Å². The van der Waals surface area contributed by atoms with Crippen LogP contribution in [0.4, 0.5) is 0 Å². The molecule has 0 saturated heterocycles. The van der Waals surface area contributed by atoms with E-state index in [0.717, 1.165) is 0 Å². The third-order valence-corrected chi connectivity index (χ3v) is 2.48. The fourth-order valence-electron chi connectivity index (χ4n) is 1.39. The van der Waals surface area contributed by atoms with Crippen LogP contribution in [0, 0.1) is 0 Å². The summed E-state index contributed by atoms with van der Waals surface area (Å²) in [5.41, 5.74) is 5.26. The van der Waals surface area contributed by atoms with Gasteiger partial charge in [-0.15, -0.1) is 0 Å². The van der Waals surface area contributed by atoms with E-state index in [9.17, 15) is 5.11 Å². The fraction of sp³-hybridized carbons (Fsp3) is 0.545. The summed E-state index contributed by atoms with van der Waals surface area (Å²) in [6.07, 6.45) is 3.80. The third kappa shape index (κ3) is 2.67. The molecule has 1 aromatic rings. The van der Waals surface area contributed by atoms with Crippen molar-refractivity contribution in [3.05, 3.63) is 24.0 Å². The van der Waals surface area contributed by atoms with E-state index in [1.54, 1.807) is 18.5 Å². The molecule has 0 fully saturated rings. The second kappa shape index (κ2) is 5.09. The molecule has 0 aromatic carbocycles. The van der Waals surface area contributed by atoms with Gasteiger partial charge in [0, 0.05) is 18.3 Å². The standard InChI is InChI=1S/C11H18N2O2/c1-3-11(14,8-12)9-5-10(15-4-2)7-13-6-9/h5-7,14H,3-4,8,12H2,1-2H3. The van der Waals surface area contributed by atoms with Crippen LogP contribution < -0.4 is 10.5 Å². The third-order valence-electron chi connectivity index (χ3n) is 2.48. The zero-order chi connectivity index (χ0) is 11.3. The van der Waals surface area contributed by atoms with E-state index in [1.165, 1.54) is 0 Å². The lowest BCUT2D eigenvalue weighted by molar-refractivity contribution is 0.0412. The highest BCUT2D eigenvalue weighted by Gasteiger charge is 2.25. The molecule has 0 amide bonds. The summed E-state index contributed by atoms with van der Waals surface area (Å²) < 4.78 is 5.32. The van der Waals surface area contributed by atoms with Gasteiger partial charge in [-0.1, -0.05) is 6.92 Å². The Balaban J connectivity index is 2.98. The van der Waals surface area contributed by atoms with Crippen LogP contribution >= 0.6 is 0 Å². The van der Waals surface area contributed by atoms with Gasteiger partial charge >= 0.3 is 0 Å². The van der Waals surface area contributed by atoms with Gasteiger partial charge in [0.2, 0.25) is 0 Å². The van der Waals surface area contributed by atoms with Crippen molar-refractivity contribution in [1.29, 1.82) is 0 Å². The van der Waals surface area contributed by atoms with Gasteiger partial charge in [0.1, 0.15) is 11.4 Å². The lowest BCUT2D eigenvalue weighted by atomic mass is 9.93. The largest absolute Gasteiger partial charge is 0.492 e. The second-order valence-electron chi connectivity index (χ2n) is 3.43. The van der Waals surface area contributed by atoms with Crippen LogP contribution in [0.3, 0.4) is 0 Å². The Morgan fingerprint density at radius 1 is 1.47 bits per heavy atom. The molecule has 4 heteroatoms. The van der Waals surface area contributed by atoms with E-state index in [4.69, 9.17) is 10.5 Å². The smallest absolute Gasteiger partial charge is 0.137 e. The SMILES string of the molecule is CCOc1cncc(C(O)(CC)CN)c1. The van der Waals surface area contributed by atoms with Crippen LogP contribution in [0.5, 0.6) is 5.75 Å². The molecular weight excluding hydrogens is 192 g/mol. The summed E-state index contributed by atoms with van der Waals surface area (Å²) in [5.74, 6) is 0.662. The fourth-order valence-corrected chi connectivity index (χ4v) is 1.39. The van der Waals surface area contributed by atoms with Crippen molar-refractivity contribution in [3.8, 4) is 5.75 Å². The summed E-state index contributed by atoms with van der Waals surface area (Å²) in [4.78, 5) is 4.02. The van der Waals surface area contributed by atoms with Crippen molar-refractivity contribution >= 4 is 0 Å². The Kier molecular flexibility index (Phi) is 4.05. The topological polar surface area (TPSA) is 68.4 Å². The number of nitrogens with zero attached hydrogens (tertiary/aromatic N) is 1. The van der Waals surface area contributed by atoms with Gasteiger partial charge in [0.05, 0.1) is 12.8 Å². The minimum atomic E-state index is -1.000. The first kappa shape index (κ1) is 11.9. The molecule has 0 spiro atoms. The summed E-state index contributed by atoms with van der Waals surface area (Å²) in [7, 11) is 0. The van der Waals surface area contributed by atoms with Crippen molar-refractivity contribution in [3.63, 3.8) is 0 Å². The van der Waals surface area contributed by atoms with E-state index >= 15 is 0 Å². The lowest BCUT2D eigenvalue weighted by Crippen LogP contribution is -2.34. The maximum absolute atomic E-state index is 10.2. The molecule has 0 aliphatic carbocycles. The van der Waals surface area contributed by atoms with Gasteiger partial charge in [0.15, 0.2) is 0 Å². The first-order valence-corrected chi connectivity index (χ1v) is 5.17. The van der Waals surface area contributed by atoms with Crippen molar-refractivity contribution in [2.75, 3.05) is 13.2 Å². The minimum Gasteiger partial charge on any atom is -0.492 e. The maximum atomic E-state index is 10.2. The normalized spacial score (nSPS) is 14.7. The molecule has 1 aromatic heterocycles. The van der Waals surface area contributed by atoms with Gasteiger partial charge in [0.25, 0.3) is 0 Å². The number of aromatic nitrogens is 1. The average molecular weight is 210 g/mol. The molecule has 0 aliphatic rings. The highest BCUT2D eigenvalue weighted by atomic mass is 16.5. The number of hydrogen-bond acceptors (Lipinski definition) is 4. The molecule has 1 atom stereocenters. The Labute approximate surface area is 90.1 Å². The molecule has 0 aliphatic heterocycles. The van der Waals surface area contributed by atoms with Crippen molar-refractivity contribution < 1.29 is 9.84 Å². The number of hydrogen-bond donors (Lipinski definition) is 2. The predicted octanol–water partition coefficient (Wildman–Crippen LogP) is 1.04. The molecule has 3 N–H and O–H groups in total. The summed E-state index contributed by atoms with van der Waals surface area (Å²) in [5, 5.41) is 10.2. The summed E-state index contributed by atoms with van der Waals surface area (Å²) in [6, 6.07) is 1.78. The number of rotatable bonds is 5. The zero-order valence-electron chi connectivity index (χ0n) is 9.23. The number of nitrogens with two attached hydrogens (primary N) is 1. The molecule has 1 rings (SSSR count). The summed E-state index contributed by atoms with van der Waals surface area (Å²) >= 11 is 0. The van der Waals surface area contributed by atoms with E-state index in [-0.39, 0.29) is 6.54 Å². The zero-order valence-corrected chi connectivity index (χ0v) is 9.23. The molecular formula is C11H18N2O2. The Bertz CT molecular complexity index is 311. The van der Waals surface area contributed by atoms with Gasteiger partial charge < -0.3 is 15.6 Å². The molecule has 84 valence electrons. The monoisotopic (exact) mass is 210 g/mol. The number of pyridine rings is 1.